The van der Waals surface area contributed by atoms with Crippen molar-refractivity contribution < 1.29 is 4.42 Å². The molecule has 75 heavy (non-hydrogen) atoms. The van der Waals surface area contributed by atoms with E-state index in [1.807, 2.05) is 0 Å². The molecule has 0 bridgehead atoms. The molecule has 1 heterocycles. The van der Waals surface area contributed by atoms with Gasteiger partial charge >= 0.3 is 0 Å². The fourth-order valence-corrected chi connectivity index (χ4v) is 15.2. The molecular formula is C46H56B28O. The summed E-state index contributed by atoms with van der Waals surface area (Å²) in [7, 11) is 66.5. The van der Waals surface area contributed by atoms with Crippen LogP contribution in [0.4, 0.5) is 0 Å². The normalized spacial score (nSPS) is 11.9. The maximum atomic E-state index is 7.49. The number of furan rings is 1. The first-order valence-corrected chi connectivity index (χ1v) is 27.9. The van der Waals surface area contributed by atoms with Gasteiger partial charge in [0.1, 0.15) is 231 Å². The van der Waals surface area contributed by atoms with Crippen molar-refractivity contribution in [1.82, 2.24) is 0 Å². The van der Waals surface area contributed by atoms with Gasteiger partial charge in [0.05, 0.1) is 0 Å². The van der Waals surface area contributed by atoms with Gasteiger partial charge in [0.15, 0.2) is 0 Å². The molecule has 0 unspecified atom stereocenters. The highest BCUT2D eigenvalue weighted by Crippen LogP contribution is 2.44. The van der Waals surface area contributed by atoms with Crippen molar-refractivity contribution in [2.45, 2.75) is 0 Å². The molecule has 9 aromatic carbocycles. The SMILES string of the molecule is Bc1c(B)c(B)c(-c2c(B)c(-c3c4c(B)c(B)c(B)c(B)c4c(-c4c(B)c(B)c(B)c5oc6c(B)c7c(B)c(B)c(B)c(B)c7c(B)c6c45)c4c(B)c(B)c(B)c(B)c34)c(B)c3c(B)c(B)c(B)c(B)c23)c(B)c1B. The van der Waals surface area contributed by atoms with Gasteiger partial charge in [0.25, 0.3) is 0 Å². The lowest BCUT2D eigenvalue weighted by Crippen LogP contribution is -2.56. The molecule has 0 aliphatic rings. The summed E-state index contributed by atoms with van der Waals surface area (Å²) in [5, 5.41) is 13.6. The molecule has 10 rings (SSSR count). The Morgan fingerprint density at radius 3 is 0.733 bits per heavy atom. The van der Waals surface area contributed by atoms with E-state index in [0.29, 0.717) is 0 Å². The van der Waals surface area contributed by atoms with Gasteiger partial charge < -0.3 is 4.42 Å². The zero-order valence-electron chi connectivity index (χ0n) is 51.4. The summed E-state index contributed by atoms with van der Waals surface area (Å²) in [5.74, 6) is 0. The molecule has 330 valence electrons. The Bertz CT molecular complexity index is 4330. The van der Waals surface area contributed by atoms with Crippen LogP contribution in [0, 0.1) is 0 Å². The molecule has 0 amide bonds. The molecule has 0 saturated carbocycles. The Labute approximate surface area is 472 Å². The van der Waals surface area contributed by atoms with Crippen LogP contribution in [-0.2, 0) is 0 Å². The van der Waals surface area contributed by atoms with Gasteiger partial charge in [-0.15, -0.1) is 60.1 Å². The smallest absolute Gasteiger partial charge is 0.145 e. The van der Waals surface area contributed by atoms with Crippen LogP contribution < -0.4 is 153 Å². The van der Waals surface area contributed by atoms with Gasteiger partial charge in [0, 0.05) is 10.8 Å². The largest absolute Gasteiger partial charge is 0.457 e. The van der Waals surface area contributed by atoms with Gasteiger partial charge in [-0.1, -0.05) is 87.4 Å². The number of fused-ring (bicyclic) bond motifs is 7. The van der Waals surface area contributed by atoms with E-state index in [9.17, 15) is 0 Å². The van der Waals surface area contributed by atoms with Crippen molar-refractivity contribution in [1.29, 1.82) is 0 Å². The molecule has 0 N–H and O–H groups in total. The van der Waals surface area contributed by atoms with Gasteiger partial charge in [-0.2, -0.15) is 0 Å². The first-order valence-electron chi connectivity index (χ1n) is 27.9. The number of hydrogen-bond donors (Lipinski definition) is 0. The van der Waals surface area contributed by atoms with Crippen molar-refractivity contribution in [3.63, 3.8) is 0 Å². The third kappa shape index (κ3) is 6.85. The highest BCUT2D eigenvalue weighted by Gasteiger charge is 2.33. The lowest BCUT2D eigenvalue weighted by Gasteiger charge is -2.33. The first kappa shape index (κ1) is 54.0. The Morgan fingerprint density at radius 2 is 0.347 bits per heavy atom. The van der Waals surface area contributed by atoms with Crippen molar-refractivity contribution >= 4 is 438 Å². The van der Waals surface area contributed by atoms with E-state index in [4.69, 9.17) is 4.42 Å². The molecule has 0 aliphatic heterocycles. The minimum Gasteiger partial charge on any atom is -0.457 e. The molecule has 0 fully saturated rings. The first-order chi connectivity index (χ1) is 35.0. The van der Waals surface area contributed by atoms with E-state index >= 15 is 0 Å². The van der Waals surface area contributed by atoms with E-state index in [2.05, 4.69) is 220 Å². The van der Waals surface area contributed by atoms with Gasteiger partial charge in [-0.3, -0.25) is 0 Å². The van der Waals surface area contributed by atoms with Crippen LogP contribution in [0.2, 0.25) is 0 Å². The second kappa shape index (κ2) is 18.1. The number of hydrogen-bond acceptors (Lipinski definition) is 1. The van der Waals surface area contributed by atoms with Crippen molar-refractivity contribution in [2.75, 3.05) is 0 Å². The standard InChI is InChI=1S/C46H56B28O/c47-17-8(13-27(57)40(70)43(73)41(71)28(13)58)9-12(26(56)37(67)36(66)25(9)55)18(48)11(17)2-5-3(20(50)32(62)34(64)22(5)52)1(4-6(2)23(53)35(65)33(63)21(4)51)7-10-16-19(49)14-15(30(60)39(69)38(68)29(14)59)31(61)46(16)75-45(10)44(74)42(72)24(7)54/h47-74H2. The summed E-state index contributed by atoms with van der Waals surface area (Å²) >= 11 is 0. The van der Waals surface area contributed by atoms with Gasteiger partial charge in [-0.25, -0.2) is 0 Å². The Kier molecular flexibility index (Phi) is 13.0. The molecule has 0 spiro atoms. The van der Waals surface area contributed by atoms with Crippen LogP contribution in [0.15, 0.2) is 4.42 Å². The minimum atomic E-state index is 1.02. The molecule has 1 aromatic heterocycles. The zero-order valence-corrected chi connectivity index (χ0v) is 51.4. The van der Waals surface area contributed by atoms with Gasteiger partial charge in [-0.05, 0) is 81.9 Å². The summed E-state index contributed by atoms with van der Waals surface area (Å²) in [4.78, 5) is 0. The predicted octanol–water partition coefficient (Wildman–Crippen LogP) is -35.6. The third-order valence-corrected chi connectivity index (χ3v) is 21.7. The van der Waals surface area contributed by atoms with Crippen molar-refractivity contribution in [3.8, 4) is 33.4 Å². The van der Waals surface area contributed by atoms with E-state index < -0.39 is 0 Å². The molecule has 0 radical (unpaired) electrons. The average molecular weight is 928 g/mol. The minimum absolute atomic E-state index is 1.02. The summed E-state index contributed by atoms with van der Waals surface area (Å²) in [6, 6.07) is 0. The second-order valence-corrected chi connectivity index (χ2v) is 24.3. The third-order valence-electron chi connectivity index (χ3n) is 21.7. The molecule has 10 aromatic rings. The Hall–Kier alpha value is -4.36. The van der Waals surface area contributed by atoms with E-state index in [-0.39, 0.29) is 0 Å². The van der Waals surface area contributed by atoms with E-state index in [0.717, 1.165) is 11.2 Å². The average Bonchev–Trinajstić information content (AvgIpc) is 3.79. The molecule has 1 nitrogen and oxygen atoms in total. The number of benzene rings is 9. The quantitative estimate of drug-likeness (QED) is 0.127. The Balaban J connectivity index is 1.58. The van der Waals surface area contributed by atoms with E-state index in [1.165, 1.54) is 240 Å². The monoisotopic (exact) mass is 933 g/mol. The molecule has 0 saturated heterocycles. The van der Waals surface area contributed by atoms with Crippen molar-refractivity contribution in [2.24, 2.45) is 0 Å². The highest BCUT2D eigenvalue weighted by atomic mass is 16.3. The van der Waals surface area contributed by atoms with Crippen LogP contribution >= 0.6 is 0 Å². The van der Waals surface area contributed by atoms with Crippen LogP contribution in [-0.4, -0.2) is 220 Å². The van der Waals surface area contributed by atoms with Gasteiger partial charge in [0.2, 0.25) is 0 Å². The molecular weight excluding hydrogens is 871 g/mol. The molecule has 0 atom stereocenters. The predicted molar refractivity (Wildman–Crippen MR) is 429 cm³/mol. The second-order valence-electron chi connectivity index (χ2n) is 24.3. The zero-order chi connectivity index (χ0) is 55.3. The summed E-state index contributed by atoms with van der Waals surface area (Å²) in [5.41, 5.74) is 48.5. The van der Waals surface area contributed by atoms with Crippen LogP contribution in [0.3, 0.4) is 0 Å². The van der Waals surface area contributed by atoms with Crippen LogP contribution in [0.5, 0.6) is 0 Å². The summed E-state index contributed by atoms with van der Waals surface area (Å²) in [6.45, 7) is 0. The summed E-state index contributed by atoms with van der Waals surface area (Å²) < 4.78 is 7.49. The van der Waals surface area contributed by atoms with E-state index in [1.54, 1.807) is 0 Å². The van der Waals surface area contributed by atoms with Crippen LogP contribution in [0.1, 0.15) is 0 Å². The number of rotatable bonds is 3. The maximum absolute atomic E-state index is 7.49. The molecule has 0 aliphatic carbocycles. The lowest BCUT2D eigenvalue weighted by molar-refractivity contribution is 0.675. The lowest BCUT2D eigenvalue weighted by atomic mass is 9.55. The Morgan fingerprint density at radius 1 is 0.120 bits per heavy atom. The molecule has 29 heteroatoms. The fraction of sp³-hybridized carbons (Fsp3) is 0. The summed E-state index contributed by atoms with van der Waals surface area (Å²) in [6.07, 6.45) is 0. The van der Waals surface area contributed by atoms with Crippen LogP contribution in [0.25, 0.3) is 98.4 Å². The topological polar surface area (TPSA) is 13.1 Å². The van der Waals surface area contributed by atoms with Crippen molar-refractivity contribution in [3.05, 3.63) is 0 Å². The fourth-order valence-electron chi connectivity index (χ4n) is 15.2. The highest BCUT2D eigenvalue weighted by molar-refractivity contribution is 6.78. The maximum Gasteiger partial charge on any atom is 0.145 e.